The molecule has 6 nitrogen and oxygen atoms in total. The highest BCUT2D eigenvalue weighted by atomic mass is 19.1. The minimum atomic E-state index is -0.374. The molecule has 0 unspecified atom stereocenters. The maximum Gasteiger partial charge on any atom is 0.257 e. The van der Waals surface area contributed by atoms with Gasteiger partial charge in [0, 0.05) is 17.9 Å². The topological polar surface area (TPSA) is 72.0 Å². The summed E-state index contributed by atoms with van der Waals surface area (Å²) in [6, 6.07) is 12.8. The van der Waals surface area contributed by atoms with Gasteiger partial charge in [0.1, 0.15) is 11.6 Å². The molecule has 1 saturated heterocycles. The molecule has 0 spiro atoms. The number of guanidine groups is 1. The number of nitrogens with zero attached hydrogens (tertiary/aromatic N) is 1. The average molecular weight is 385 g/mol. The lowest BCUT2D eigenvalue weighted by molar-refractivity contribution is 0.0975. The summed E-state index contributed by atoms with van der Waals surface area (Å²) < 4.78 is 24.4. The van der Waals surface area contributed by atoms with Gasteiger partial charge in [-0.3, -0.25) is 10.1 Å². The van der Waals surface area contributed by atoms with Crippen LogP contribution in [-0.4, -0.2) is 37.7 Å². The van der Waals surface area contributed by atoms with Crippen molar-refractivity contribution in [3.05, 3.63) is 59.9 Å². The van der Waals surface area contributed by atoms with Crippen molar-refractivity contribution in [1.29, 1.82) is 0 Å². The Morgan fingerprint density at radius 1 is 1.29 bits per heavy atom. The van der Waals surface area contributed by atoms with E-state index >= 15 is 0 Å². The van der Waals surface area contributed by atoms with Crippen molar-refractivity contribution in [2.75, 3.05) is 25.1 Å². The van der Waals surface area contributed by atoms with Gasteiger partial charge in [0.2, 0.25) is 5.96 Å². The maximum absolute atomic E-state index is 13.5. The molecular formula is C21H24FN3O3. The molecule has 1 aliphatic heterocycles. The normalized spacial score (nSPS) is 16.6. The lowest BCUT2D eigenvalue weighted by Gasteiger charge is -2.13. The number of hydrogen-bond acceptors (Lipinski definition) is 4. The number of benzene rings is 2. The van der Waals surface area contributed by atoms with E-state index in [4.69, 9.17) is 9.47 Å². The molecule has 148 valence electrons. The number of carbonyl (C=O) groups excluding carboxylic acids is 1. The van der Waals surface area contributed by atoms with Crippen molar-refractivity contribution < 1.29 is 18.7 Å². The Morgan fingerprint density at radius 2 is 2.11 bits per heavy atom. The Bertz CT molecular complexity index is 818. The van der Waals surface area contributed by atoms with Gasteiger partial charge in [-0.05, 0) is 62.2 Å². The molecule has 28 heavy (non-hydrogen) atoms. The van der Waals surface area contributed by atoms with E-state index in [9.17, 15) is 9.18 Å². The van der Waals surface area contributed by atoms with Crippen LogP contribution in [0.2, 0.25) is 0 Å². The largest absolute Gasteiger partial charge is 0.494 e. The first-order valence-electron chi connectivity index (χ1n) is 9.37. The predicted molar refractivity (Wildman–Crippen MR) is 106 cm³/mol. The van der Waals surface area contributed by atoms with E-state index in [0.29, 0.717) is 30.2 Å². The zero-order valence-electron chi connectivity index (χ0n) is 15.8. The quantitative estimate of drug-likeness (QED) is 0.589. The molecule has 0 bridgehead atoms. The second kappa shape index (κ2) is 9.85. The minimum Gasteiger partial charge on any atom is -0.494 e. The average Bonchev–Trinajstić information content (AvgIpc) is 3.20. The van der Waals surface area contributed by atoms with E-state index < -0.39 is 0 Å². The van der Waals surface area contributed by atoms with Gasteiger partial charge in [0.25, 0.3) is 5.91 Å². The van der Waals surface area contributed by atoms with E-state index in [1.54, 1.807) is 36.4 Å². The second-order valence-electron chi connectivity index (χ2n) is 6.37. The van der Waals surface area contributed by atoms with Gasteiger partial charge in [0.05, 0.1) is 19.3 Å². The van der Waals surface area contributed by atoms with Gasteiger partial charge in [-0.25, -0.2) is 9.38 Å². The second-order valence-corrected chi connectivity index (χ2v) is 6.37. The summed E-state index contributed by atoms with van der Waals surface area (Å²) in [7, 11) is 0. The third-order valence-corrected chi connectivity index (χ3v) is 4.22. The van der Waals surface area contributed by atoms with Crippen LogP contribution < -0.4 is 15.4 Å². The molecule has 2 N–H and O–H groups in total. The molecule has 2 aromatic rings. The summed E-state index contributed by atoms with van der Waals surface area (Å²) in [5.41, 5.74) is 0.965. The Hall–Kier alpha value is -2.93. The van der Waals surface area contributed by atoms with Crippen molar-refractivity contribution in [3.63, 3.8) is 0 Å². The Balaban J connectivity index is 1.71. The number of nitrogens with one attached hydrogen (secondary N) is 2. The summed E-state index contributed by atoms with van der Waals surface area (Å²) in [5, 5.41) is 5.73. The SMILES string of the molecule is CCOc1ccc(C(=O)NC(=NC[C@@H]2CCCO2)Nc2cccc(F)c2)cc1. The monoisotopic (exact) mass is 385 g/mol. The van der Waals surface area contributed by atoms with Crippen molar-refractivity contribution in [2.45, 2.75) is 25.9 Å². The lowest BCUT2D eigenvalue weighted by Crippen LogP contribution is -2.36. The number of anilines is 1. The Morgan fingerprint density at radius 3 is 2.79 bits per heavy atom. The van der Waals surface area contributed by atoms with E-state index in [1.165, 1.54) is 12.1 Å². The fraction of sp³-hybridized carbons (Fsp3) is 0.333. The highest BCUT2D eigenvalue weighted by Crippen LogP contribution is 2.14. The molecule has 1 heterocycles. The van der Waals surface area contributed by atoms with Gasteiger partial charge in [-0.15, -0.1) is 0 Å². The molecular weight excluding hydrogens is 361 g/mol. The van der Waals surface area contributed by atoms with Crippen LogP contribution in [-0.2, 0) is 4.74 Å². The summed E-state index contributed by atoms with van der Waals surface area (Å²) >= 11 is 0. The third-order valence-electron chi connectivity index (χ3n) is 4.22. The predicted octanol–water partition coefficient (Wildman–Crippen LogP) is 3.60. The van der Waals surface area contributed by atoms with Crippen LogP contribution in [0.15, 0.2) is 53.5 Å². The molecule has 7 heteroatoms. The summed E-state index contributed by atoms with van der Waals surface area (Å²) in [6.07, 6.45) is 1.97. The molecule has 0 aliphatic carbocycles. The number of aliphatic imine (C=N–C) groups is 1. The summed E-state index contributed by atoms with van der Waals surface area (Å²) in [4.78, 5) is 17.0. The molecule has 0 aromatic heterocycles. The molecule has 2 aromatic carbocycles. The minimum absolute atomic E-state index is 0.0340. The molecule has 0 radical (unpaired) electrons. The first kappa shape index (κ1) is 19.8. The molecule has 0 saturated carbocycles. The Kier molecular flexibility index (Phi) is 6.97. The maximum atomic E-state index is 13.5. The molecule has 1 aliphatic rings. The fourth-order valence-corrected chi connectivity index (χ4v) is 2.84. The van der Waals surface area contributed by atoms with Gasteiger partial charge in [-0.1, -0.05) is 6.07 Å². The third kappa shape index (κ3) is 5.79. The number of carbonyl (C=O) groups is 1. The number of hydrogen-bond donors (Lipinski definition) is 2. The molecule has 1 atom stereocenters. The van der Waals surface area contributed by atoms with Crippen molar-refractivity contribution in [1.82, 2.24) is 5.32 Å². The zero-order chi connectivity index (χ0) is 19.8. The van der Waals surface area contributed by atoms with Gasteiger partial charge in [0.15, 0.2) is 0 Å². The first-order chi connectivity index (χ1) is 13.6. The number of rotatable bonds is 6. The number of amides is 1. The van der Waals surface area contributed by atoms with Crippen molar-refractivity contribution in [3.8, 4) is 5.75 Å². The standard InChI is InChI=1S/C21H24FN3O3/c1-2-27-18-10-8-15(9-11-18)20(26)25-21(23-14-19-7-4-12-28-19)24-17-6-3-5-16(22)13-17/h3,5-6,8-11,13,19H,2,4,7,12,14H2,1H3,(H2,23,24,25,26)/t19-/m0/s1. The summed E-state index contributed by atoms with van der Waals surface area (Å²) in [6.45, 7) is 3.60. The van der Waals surface area contributed by atoms with Crippen LogP contribution in [0, 0.1) is 5.82 Å². The molecule has 1 amide bonds. The molecule has 3 rings (SSSR count). The van der Waals surface area contributed by atoms with Crippen molar-refractivity contribution in [2.24, 2.45) is 4.99 Å². The summed E-state index contributed by atoms with van der Waals surface area (Å²) in [5.74, 6) is 0.253. The first-order valence-corrected chi connectivity index (χ1v) is 9.37. The van der Waals surface area contributed by atoms with Crippen LogP contribution in [0.25, 0.3) is 0 Å². The van der Waals surface area contributed by atoms with Crippen LogP contribution >= 0.6 is 0 Å². The van der Waals surface area contributed by atoms with Gasteiger partial charge < -0.3 is 14.8 Å². The smallest absolute Gasteiger partial charge is 0.257 e. The number of halogens is 1. The van der Waals surface area contributed by atoms with E-state index in [1.807, 2.05) is 6.92 Å². The number of ether oxygens (including phenoxy) is 2. The van der Waals surface area contributed by atoms with Crippen LogP contribution in [0.1, 0.15) is 30.1 Å². The van der Waals surface area contributed by atoms with Crippen LogP contribution in [0.3, 0.4) is 0 Å². The lowest BCUT2D eigenvalue weighted by atomic mass is 10.2. The van der Waals surface area contributed by atoms with Crippen molar-refractivity contribution >= 4 is 17.6 Å². The highest BCUT2D eigenvalue weighted by molar-refractivity contribution is 6.10. The van der Waals surface area contributed by atoms with Gasteiger partial charge >= 0.3 is 0 Å². The zero-order valence-corrected chi connectivity index (χ0v) is 15.8. The fourth-order valence-electron chi connectivity index (χ4n) is 2.84. The van der Waals surface area contributed by atoms with Crippen LogP contribution in [0.4, 0.5) is 10.1 Å². The van der Waals surface area contributed by atoms with Crippen LogP contribution in [0.5, 0.6) is 5.75 Å². The van der Waals surface area contributed by atoms with E-state index in [0.717, 1.165) is 19.4 Å². The molecule has 1 fully saturated rings. The van der Waals surface area contributed by atoms with E-state index in [-0.39, 0.29) is 23.8 Å². The highest BCUT2D eigenvalue weighted by Gasteiger charge is 2.16. The van der Waals surface area contributed by atoms with Gasteiger partial charge in [-0.2, -0.15) is 0 Å². The Labute approximate surface area is 163 Å². The van der Waals surface area contributed by atoms with E-state index in [2.05, 4.69) is 15.6 Å².